The molecule has 0 saturated heterocycles. The van der Waals surface area contributed by atoms with Crippen molar-refractivity contribution in [2.45, 2.75) is 26.2 Å². The average Bonchev–Trinajstić information content (AvgIpc) is 2.68. The first-order chi connectivity index (χ1) is 6.83. The number of Topliss-reactive ketones (excluding diaryl/α,β-unsaturated/α-hetero) is 1. The van der Waals surface area contributed by atoms with Crippen LogP contribution in [0.25, 0.3) is 0 Å². The van der Waals surface area contributed by atoms with Crippen LogP contribution in [0.4, 0.5) is 0 Å². The maximum atomic E-state index is 11.2. The van der Waals surface area contributed by atoms with Gasteiger partial charge in [-0.05, 0) is 18.6 Å². The molecule has 1 aromatic rings. The SMILES string of the molecule is CCCOCC(=O)CCc1ccco1. The zero-order valence-electron chi connectivity index (χ0n) is 8.49. The fraction of sp³-hybridized carbons (Fsp3) is 0.545. The molecule has 0 aliphatic rings. The van der Waals surface area contributed by atoms with Gasteiger partial charge in [0.15, 0.2) is 5.78 Å². The van der Waals surface area contributed by atoms with Crippen molar-refractivity contribution in [3.8, 4) is 0 Å². The minimum atomic E-state index is 0.134. The second-order valence-electron chi connectivity index (χ2n) is 3.17. The molecule has 1 rings (SSSR count). The molecule has 0 aliphatic carbocycles. The molecule has 78 valence electrons. The second kappa shape index (κ2) is 6.38. The van der Waals surface area contributed by atoms with E-state index in [0.29, 0.717) is 19.4 Å². The molecule has 0 saturated carbocycles. The Labute approximate surface area is 84.1 Å². The summed E-state index contributed by atoms with van der Waals surface area (Å²) < 4.78 is 10.3. The first-order valence-corrected chi connectivity index (χ1v) is 4.94. The third kappa shape index (κ3) is 4.23. The zero-order chi connectivity index (χ0) is 10.2. The number of carbonyl (C=O) groups excluding carboxylic acids is 1. The topological polar surface area (TPSA) is 39.4 Å². The Hall–Kier alpha value is -1.09. The molecule has 1 heterocycles. The molecule has 14 heavy (non-hydrogen) atoms. The van der Waals surface area contributed by atoms with Crippen LogP contribution in [-0.2, 0) is 16.0 Å². The lowest BCUT2D eigenvalue weighted by Gasteiger charge is -2.00. The lowest BCUT2D eigenvalue weighted by molar-refractivity contribution is -0.123. The largest absolute Gasteiger partial charge is 0.469 e. The van der Waals surface area contributed by atoms with Crippen molar-refractivity contribution in [2.75, 3.05) is 13.2 Å². The van der Waals surface area contributed by atoms with E-state index >= 15 is 0 Å². The van der Waals surface area contributed by atoms with Crippen LogP contribution < -0.4 is 0 Å². The highest BCUT2D eigenvalue weighted by Crippen LogP contribution is 2.03. The molecule has 0 bridgehead atoms. The van der Waals surface area contributed by atoms with Gasteiger partial charge in [-0.25, -0.2) is 0 Å². The quantitative estimate of drug-likeness (QED) is 0.628. The summed E-state index contributed by atoms with van der Waals surface area (Å²) in [5, 5.41) is 0. The van der Waals surface area contributed by atoms with Crippen LogP contribution in [0.15, 0.2) is 22.8 Å². The van der Waals surface area contributed by atoms with E-state index in [0.717, 1.165) is 12.2 Å². The van der Waals surface area contributed by atoms with Gasteiger partial charge in [0.2, 0.25) is 0 Å². The highest BCUT2D eigenvalue weighted by molar-refractivity contribution is 5.79. The van der Waals surface area contributed by atoms with Gasteiger partial charge < -0.3 is 9.15 Å². The predicted octanol–water partition coefficient (Wildman–Crippen LogP) is 2.21. The molecule has 0 amide bonds. The van der Waals surface area contributed by atoms with Crippen molar-refractivity contribution < 1.29 is 13.9 Å². The molecule has 3 heteroatoms. The van der Waals surface area contributed by atoms with Crippen LogP contribution in [0.3, 0.4) is 0 Å². The Morgan fingerprint density at radius 1 is 1.57 bits per heavy atom. The smallest absolute Gasteiger partial charge is 0.158 e. The lowest BCUT2D eigenvalue weighted by Crippen LogP contribution is -2.09. The molecule has 0 aliphatic heterocycles. The van der Waals surface area contributed by atoms with Gasteiger partial charge in [0.25, 0.3) is 0 Å². The molecule has 0 N–H and O–H groups in total. The molecule has 3 nitrogen and oxygen atoms in total. The van der Waals surface area contributed by atoms with Crippen molar-refractivity contribution >= 4 is 5.78 Å². The molecule has 0 unspecified atom stereocenters. The number of rotatable bonds is 7. The Morgan fingerprint density at radius 3 is 3.07 bits per heavy atom. The molecule has 0 atom stereocenters. The van der Waals surface area contributed by atoms with E-state index in [9.17, 15) is 4.79 Å². The number of hydrogen-bond acceptors (Lipinski definition) is 3. The predicted molar refractivity (Wildman–Crippen MR) is 53.1 cm³/mol. The third-order valence-corrected chi connectivity index (χ3v) is 1.84. The van der Waals surface area contributed by atoms with Crippen molar-refractivity contribution in [2.24, 2.45) is 0 Å². The molecular formula is C11H16O3. The number of carbonyl (C=O) groups is 1. The van der Waals surface area contributed by atoms with E-state index in [4.69, 9.17) is 9.15 Å². The summed E-state index contributed by atoms with van der Waals surface area (Å²) in [5.41, 5.74) is 0. The highest BCUT2D eigenvalue weighted by atomic mass is 16.5. The summed E-state index contributed by atoms with van der Waals surface area (Å²) in [6, 6.07) is 3.70. The summed E-state index contributed by atoms with van der Waals surface area (Å²) in [7, 11) is 0. The van der Waals surface area contributed by atoms with Crippen LogP contribution in [0.2, 0.25) is 0 Å². The van der Waals surface area contributed by atoms with Crippen molar-refractivity contribution in [1.82, 2.24) is 0 Å². The first kappa shape index (κ1) is 11.0. The minimum absolute atomic E-state index is 0.134. The minimum Gasteiger partial charge on any atom is -0.469 e. The van der Waals surface area contributed by atoms with E-state index in [1.165, 1.54) is 0 Å². The van der Waals surface area contributed by atoms with Gasteiger partial charge in [0, 0.05) is 19.4 Å². The van der Waals surface area contributed by atoms with E-state index < -0.39 is 0 Å². The Kier molecular flexibility index (Phi) is 5.00. The van der Waals surface area contributed by atoms with Gasteiger partial charge in [0.05, 0.1) is 6.26 Å². The average molecular weight is 196 g/mol. The van der Waals surface area contributed by atoms with E-state index in [-0.39, 0.29) is 12.4 Å². The monoisotopic (exact) mass is 196 g/mol. The fourth-order valence-electron chi connectivity index (χ4n) is 1.12. The number of ether oxygens (including phenoxy) is 1. The van der Waals surface area contributed by atoms with Gasteiger partial charge in [-0.3, -0.25) is 4.79 Å². The molecule has 0 radical (unpaired) electrons. The molecule has 1 aromatic heterocycles. The van der Waals surface area contributed by atoms with E-state index in [1.54, 1.807) is 6.26 Å². The maximum absolute atomic E-state index is 11.2. The third-order valence-electron chi connectivity index (χ3n) is 1.84. The first-order valence-electron chi connectivity index (χ1n) is 4.94. The van der Waals surface area contributed by atoms with Gasteiger partial charge in [-0.15, -0.1) is 0 Å². The zero-order valence-corrected chi connectivity index (χ0v) is 8.49. The number of aryl methyl sites for hydroxylation is 1. The normalized spacial score (nSPS) is 10.4. The van der Waals surface area contributed by atoms with Crippen LogP contribution >= 0.6 is 0 Å². The van der Waals surface area contributed by atoms with Crippen molar-refractivity contribution in [1.29, 1.82) is 0 Å². The van der Waals surface area contributed by atoms with Gasteiger partial charge in [0.1, 0.15) is 12.4 Å². The van der Waals surface area contributed by atoms with Crippen molar-refractivity contribution in [3.63, 3.8) is 0 Å². The molecular weight excluding hydrogens is 180 g/mol. The second-order valence-corrected chi connectivity index (χ2v) is 3.17. The van der Waals surface area contributed by atoms with Crippen LogP contribution in [0.5, 0.6) is 0 Å². The summed E-state index contributed by atoms with van der Waals surface area (Å²) >= 11 is 0. The fourth-order valence-corrected chi connectivity index (χ4v) is 1.12. The van der Waals surface area contributed by atoms with Crippen LogP contribution in [0, 0.1) is 0 Å². The number of furan rings is 1. The summed E-state index contributed by atoms with van der Waals surface area (Å²) in [6.45, 7) is 2.91. The maximum Gasteiger partial charge on any atom is 0.158 e. The number of hydrogen-bond donors (Lipinski definition) is 0. The molecule has 0 aromatic carbocycles. The Balaban J connectivity index is 2.09. The van der Waals surface area contributed by atoms with Crippen molar-refractivity contribution in [3.05, 3.63) is 24.2 Å². The summed E-state index contributed by atoms with van der Waals surface area (Å²) in [5.74, 6) is 0.990. The number of ketones is 1. The Bertz CT molecular complexity index is 252. The van der Waals surface area contributed by atoms with E-state index in [1.807, 2.05) is 19.1 Å². The van der Waals surface area contributed by atoms with Gasteiger partial charge in [-0.1, -0.05) is 6.92 Å². The Morgan fingerprint density at radius 2 is 2.43 bits per heavy atom. The lowest BCUT2D eigenvalue weighted by atomic mass is 10.2. The molecule has 0 spiro atoms. The van der Waals surface area contributed by atoms with E-state index in [2.05, 4.69) is 0 Å². The summed E-state index contributed by atoms with van der Waals surface area (Å²) in [4.78, 5) is 11.2. The highest BCUT2D eigenvalue weighted by Gasteiger charge is 2.03. The van der Waals surface area contributed by atoms with Gasteiger partial charge >= 0.3 is 0 Å². The summed E-state index contributed by atoms with van der Waals surface area (Å²) in [6.07, 6.45) is 3.73. The van der Waals surface area contributed by atoms with Crippen LogP contribution in [-0.4, -0.2) is 19.0 Å². The van der Waals surface area contributed by atoms with Crippen LogP contribution in [0.1, 0.15) is 25.5 Å². The van der Waals surface area contributed by atoms with Gasteiger partial charge in [-0.2, -0.15) is 0 Å². The molecule has 0 fully saturated rings. The standard InChI is InChI=1S/C11H16O3/c1-2-7-13-9-10(12)5-6-11-4-3-8-14-11/h3-4,8H,2,5-7,9H2,1H3.